The number of benzene rings is 4. The van der Waals surface area contributed by atoms with Gasteiger partial charge in [0.15, 0.2) is 0 Å². The molecule has 5 aromatic heterocycles. The highest BCUT2D eigenvalue weighted by Gasteiger charge is 2.06. The summed E-state index contributed by atoms with van der Waals surface area (Å²) in [7, 11) is 0. The van der Waals surface area contributed by atoms with Crippen molar-refractivity contribution >= 4 is 113 Å². The van der Waals surface area contributed by atoms with Gasteiger partial charge in [-0.25, -0.2) is 0 Å². The van der Waals surface area contributed by atoms with Crippen LogP contribution in [0.4, 0.5) is 0 Å². The van der Waals surface area contributed by atoms with Gasteiger partial charge in [0, 0.05) is 74.3 Å². The molecule has 0 saturated heterocycles. The average molecular weight is 858 g/mol. The molecule has 5 heterocycles. The van der Waals surface area contributed by atoms with Crippen LogP contribution in [-0.2, 0) is 0 Å². The second-order valence-electron chi connectivity index (χ2n) is 11.9. The van der Waals surface area contributed by atoms with Gasteiger partial charge in [0.2, 0.25) is 0 Å². The highest BCUT2D eigenvalue weighted by Crippen LogP contribution is 2.28. The number of rotatable bonds is 4. The summed E-state index contributed by atoms with van der Waals surface area (Å²) >= 11 is 21.3. The van der Waals surface area contributed by atoms with Crippen LogP contribution < -0.4 is 0 Å². The second-order valence-corrected chi connectivity index (χ2v) is 14.0. The molecule has 0 amide bonds. The molecule has 11 heteroatoms. The number of aldehydes is 2. The zero-order valence-electron chi connectivity index (χ0n) is 29.4. The van der Waals surface area contributed by atoms with E-state index < -0.39 is 0 Å². The third-order valence-electron chi connectivity index (χ3n) is 8.34. The molecule has 0 aliphatic rings. The molecular weight excluding hydrogens is 829 g/mol. The van der Waals surface area contributed by atoms with E-state index in [1.54, 1.807) is 85.7 Å². The minimum Gasteiger partial charge on any atom is -0.298 e. The van der Waals surface area contributed by atoms with Crippen LogP contribution in [0.15, 0.2) is 157 Å². The molecule has 0 N–H and O–H groups in total. The molecule has 0 aliphatic heterocycles. The third kappa shape index (κ3) is 9.85. The van der Waals surface area contributed by atoms with Gasteiger partial charge in [-0.1, -0.05) is 69.5 Å². The number of nitrogens with zero attached hydrogens (tertiary/aromatic N) is 5. The molecule has 9 rings (SSSR count). The molecule has 0 bridgehead atoms. The number of halogens is 4. The fraction of sp³-hybridized carbons (Fsp3) is 0. The van der Waals surface area contributed by atoms with Crippen molar-refractivity contribution < 1.29 is 9.59 Å². The van der Waals surface area contributed by atoms with Gasteiger partial charge < -0.3 is 0 Å². The van der Waals surface area contributed by atoms with Crippen molar-refractivity contribution in [3.8, 4) is 11.1 Å². The zero-order chi connectivity index (χ0) is 39.4. The number of aromatic nitrogens is 5. The molecule has 0 atom stereocenters. The monoisotopic (exact) mass is 855 g/mol. The molecule has 9 aromatic rings. The summed E-state index contributed by atoms with van der Waals surface area (Å²) < 4.78 is 1.02. The van der Waals surface area contributed by atoms with Gasteiger partial charge in [-0.05, 0) is 120 Å². The third-order valence-corrected chi connectivity index (χ3v) is 9.82. The molecule has 0 aliphatic carbocycles. The topological polar surface area (TPSA) is 98.6 Å². The van der Waals surface area contributed by atoms with Gasteiger partial charge in [-0.2, -0.15) is 0 Å². The number of fused-ring (bicyclic) bond motifs is 4. The van der Waals surface area contributed by atoms with E-state index in [-0.39, 0.29) is 0 Å². The summed E-state index contributed by atoms with van der Waals surface area (Å²) in [5, 5.41) is 5.83. The fourth-order valence-corrected chi connectivity index (χ4v) is 6.55. The maximum atomic E-state index is 10.9. The lowest BCUT2D eigenvalue weighted by atomic mass is 10.0. The van der Waals surface area contributed by atoms with Crippen molar-refractivity contribution in [2.45, 2.75) is 0 Å². The van der Waals surface area contributed by atoms with Gasteiger partial charge in [-0.15, -0.1) is 0 Å². The lowest BCUT2D eigenvalue weighted by molar-refractivity contribution is 0.111. The Hall–Kier alpha value is -5.90. The molecule has 0 radical (unpaired) electrons. The predicted molar refractivity (Wildman–Crippen MR) is 234 cm³/mol. The highest BCUT2D eigenvalue weighted by atomic mass is 79.9. The molecule has 0 unspecified atom stereocenters. The second kappa shape index (κ2) is 19.1. The zero-order valence-corrected chi connectivity index (χ0v) is 33.2. The summed E-state index contributed by atoms with van der Waals surface area (Å²) in [6.45, 7) is 3.70. The van der Waals surface area contributed by atoms with Crippen LogP contribution in [0.3, 0.4) is 0 Å². The Bertz CT molecular complexity index is 2750. The largest absolute Gasteiger partial charge is 0.298 e. The van der Waals surface area contributed by atoms with Crippen LogP contribution in [0, 0.1) is 0 Å². The maximum absolute atomic E-state index is 10.9. The van der Waals surface area contributed by atoms with E-state index in [1.165, 1.54) is 0 Å². The van der Waals surface area contributed by atoms with Gasteiger partial charge in [0.1, 0.15) is 12.6 Å². The van der Waals surface area contributed by atoms with Crippen molar-refractivity contribution in [1.29, 1.82) is 0 Å². The standard InChI is InChI=1S/C15H10N2O.C11H8ClN.C10H6ClNO.C9H5BrClN/c18-10-11-1-2-15-14(9-11)13(5-8-17-15)12-3-6-16-7-4-12;1-2-8-3-4-11-9(7-8)10(12)5-6-13-11;11-9-3-4-12-10-2-1-7(6-13)5-8(9)10;10-6-1-2-9-7(5-6)8(11)3-4-12-9/h1-10H;2-7H,1H2;1-6H;1-5H. The normalized spacial score (nSPS) is 10.4. The number of carbonyl (C=O) groups is 2. The Morgan fingerprint density at radius 1 is 0.464 bits per heavy atom. The summed E-state index contributed by atoms with van der Waals surface area (Å²) in [5.41, 5.74) is 7.99. The lowest BCUT2D eigenvalue weighted by Gasteiger charge is -2.06. The Morgan fingerprint density at radius 2 is 0.875 bits per heavy atom. The van der Waals surface area contributed by atoms with E-state index in [0.717, 1.165) is 87.4 Å². The van der Waals surface area contributed by atoms with Gasteiger partial charge in [-0.3, -0.25) is 34.5 Å². The molecule has 274 valence electrons. The first-order chi connectivity index (χ1) is 27.3. The Labute approximate surface area is 345 Å². The fourth-order valence-electron chi connectivity index (χ4n) is 5.57. The van der Waals surface area contributed by atoms with E-state index in [0.29, 0.717) is 16.1 Å². The number of pyridine rings is 5. The predicted octanol–water partition coefficient (Wildman–Crippen LogP) is 13.0. The SMILES string of the molecule is C=Cc1ccc2nccc(Cl)c2c1.Clc1ccnc2ccc(Br)cc12.O=Cc1ccc2nccc(-c3ccncc3)c2c1.O=Cc1ccc2nccc(Cl)c2c1. The van der Waals surface area contributed by atoms with Crippen molar-refractivity contribution in [2.75, 3.05) is 0 Å². The molecule has 4 aromatic carbocycles. The van der Waals surface area contributed by atoms with Crippen LogP contribution >= 0.6 is 50.7 Å². The molecule has 56 heavy (non-hydrogen) atoms. The van der Waals surface area contributed by atoms with Gasteiger partial charge >= 0.3 is 0 Å². The van der Waals surface area contributed by atoms with Crippen molar-refractivity contribution in [2.24, 2.45) is 0 Å². The van der Waals surface area contributed by atoms with E-state index >= 15 is 0 Å². The Balaban J connectivity index is 0.000000128. The molecular formula is C45H29BrCl3N5O2. The first-order valence-corrected chi connectivity index (χ1v) is 18.8. The quantitative estimate of drug-likeness (QED) is 0.163. The first-order valence-electron chi connectivity index (χ1n) is 16.9. The van der Waals surface area contributed by atoms with E-state index in [9.17, 15) is 9.59 Å². The van der Waals surface area contributed by atoms with Crippen LogP contribution in [-0.4, -0.2) is 37.5 Å². The number of carbonyl (C=O) groups excluding carboxylic acids is 2. The van der Waals surface area contributed by atoms with Crippen molar-refractivity contribution in [3.05, 3.63) is 189 Å². The minimum absolute atomic E-state index is 0.613. The summed E-state index contributed by atoms with van der Waals surface area (Å²) in [5.74, 6) is 0. The molecule has 0 saturated carbocycles. The van der Waals surface area contributed by atoms with Gasteiger partial charge in [0.05, 0.1) is 37.1 Å². The molecule has 0 spiro atoms. The summed E-state index contributed by atoms with van der Waals surface area (Å²) in [6, 6.07) is 33.6. The van der Waals surface area contributed by atoms with Crippen molar-refractivity contribution in [1.82, 2.24) is 24.9 Å². The average Bonchev–Trinajstić information content (AvgIpc) is 3.24. The van der Waals surface area contributed by atoms with Crippen molar-refractivity contribution in [3.63, 3.8) is 0 Å². The van der Waals surface area contributed by atoms with Crippen LogP contribution in [0.2, 0.25) is 15.1 Å². The highest BCUT2D eigenvalue weighted by molar-refractivity contribution is 9.10. The molecule has 0 fully saturated rings. The molecule has 7 nitrogen and oxygen atoms in total. The Morgan fingerprint density at radius 3 is 1.38 bits per heavy atom. The number of hydrogen-bond donors (Lipinski definition) is 0. The number of hydrogen-bond acceptors (Lipinski definition) is 7. The summed E-state index contributed by atoms with van der Waals surface area (Å²) in [6.07, 6.45) is 13.8. The van der Waals surface area contributed by atoms with Crippen LogP contribution in [0.5, 0.6) is 0 Å². The van der Waals surface area contributed by atoms with E-state index in [2.05, 4.69) is 47.4 Å². The maximum Gasteiger partial charge on any atom is 0.150 e. The van der Waals surface area contributed by atoms with E-state index in [4.69, 9.17) is 34.8 Å². The van der Waals surface area contributed by atoms with Crippen LogP contribution in [0.25, 0.3) is 60.8 Å². The Kier molecular flexibility index (Phi) is 13.6. The first kappa shape index (κ1) is 39.8. The smallest absolute Gasteiger partial charge is 0.150 e. The summed E-state index contributed by atoms with van der Waals surface area (Å²) in [4.78, 5) is 42.2. The minimum atomic E-state index is 0.613. The van der Waals surface area contributed by atoms with E-state index in [1.807, 2.05) is 66.7 Å². The van der Waals surface area contributed by atoms with Crippen LogP contribution in [0.1, 0.15) is 26.3 Å². The van der Waals surface area contributed by atoms with Gasteiger partial charge in [0.25, 0.3) is 0 Å². The lowest BCUT2D eigenvalue weighted by Crippen LogP contribution is -1.87.